The van der Waals surface area contributed by atoms with Gasteiger partial charge in [0.1, 0.15) is 11.5 Å². The number of nitrogens with one attached hydrogen (secondary N) is 3. The molecule has 0 aliphatic rings. The number of rotatable bonds is 6. The third kappa shape index (κ3) is 6.54. The van der Waals surface area contributed by atoms with Gasteiger partial charge in [-0.25, -0.2) is 0 Å². The van der Waals surface area contributed by atoms with E-state index in [-0.39, 0.29) is 0 Å². The van der Waals surface area contributed by atoms with Crippen LogP contribution in [0.15, 0.2) is 102 Å². The molecule has 2 aromatic heterocycles. The predicted octanol–water partition coefficient (Wildman–Crippen LogP) is 7.45. The molecule has 5 rings (SSSR count). The first-order chi connectivity index (χ1) is 16.6. The Morgan fingerprint density at radius 1 is 0.941 bits per heavy atom. The second kappa shape index (κ2) is 11.6. The third-order valence-electron chi connectivity index (χ3n) is 4.97. The summed E-state index contributed by atoms with van der Waals surface area (Å²) in [5.41, 5.74) is 4.42. The van der Waals surface area contributed by atoms with Crippen LogP contribution in [0.1, 0.15) is 5.56 Å². The van der Waals surface area contributed by atoms with E-state index in [0.29, 0.717) is 5.02 Å². The number of anilines is 2. The van der Waals surface area contributed by atoms with Crippen molar-refractivity contribution >= 4 is 46.5 Å². The fraction of sp³-hybridized carbons (Fsp3) is 0.0741. The Morgan fingerprint density at radius 2 is 1.65 bits per heavy atom. The van der Waals surface area contributed by atoms with Gasteiger partial charge in [-0.05, 0) is 85.4 Å². The number of nitrogens with zero attached hydrogens (tertiary/aromatic N) is 1. The zero-order chi connectivity index (χ0) is 23.8. The minimum Gasteiger partial charge on any atom is -0.457 e. The highest BCUT2D eigenvalue weighted by Crippen LogP contribution is 2.27. The van der Waals surface area contributed by atoms with E-state index in [1.54, 1.807) is 12.4 Å². The molecule has 5 nitrogen and oxygen atoms in total. The number of halogens is 1. The Labute approximate surface area is 209 Å². The van der Waals surface area contributed by atoms with Crippen molar-refractivity contribution in [2.24, 2.45) is 0 Å². The quantitative estimate of drug-likeness (QED) is 0.187. The average Bonchev–Trinajstić information content (AvgIpc) is 3.25. The first-order valence-corrected chi connectivity index (χ1v) is 11.6. The predicted molar refractivity (Wildman–Crippen MR) is 144 cm³/mol. The van der Waals surface area contributed by atoms with E-state index < -0.39 is 0 Å². The van der Waals surface area contributed by atoms with Gasteiger partial charge in [0, 0.05) is 57.3 Å². The van der Waals surface area contributed by atoms with Crippen LogP contribution in [-0.2, 0) is 6.54 Å². The minimum atomic E-state index is 0.694. The molecule has 0 spiro atoms. The van der Waals surface area contributed by atoms with Gasteiger partial charge in [-0.3, -0.25) is 4.98 Å². The number of hydrogen-bond donors (Lipinski definition) is 4. The lowest BCUT2D eigenvalue weighted by atomic mass is 10.1. The van der Waals surface area contributed by atoms with Crippen molar-refractivity contribution < 1.29 is 4.74 Å². The zero-order valence-corrected chi connectivity index (χ0v) is 20.3. The molecule has 0 atom stereocenters. The lowest BCUT2D eigenvalue weighted by Gasteiger charge is -2.09. The Balaban J connectivity index is 0.000000336. The molecule has 3 N–H and O–H groups in total. The number of H-pyrrole nitrogens is 1. The van der Waals surface area contributed by atoms with E-state index in [0.717, 1.165) is 39.8 Å². The molecule has 0 aliphatic heterocycles. The van der Waals surface area contributed by atoms with E-state index in [1.807, 2.05) is 73.9 Å². The first kappa shape index (κ1) is 23.7. The summed E-state index contributed by atoms with van der Waals surface area (Å²) in [6, 6.07) is 25.3. The minimum absolute atomic E-state index is 0.694. The summed E-state index contributed by atoms with van der Waals surface area (Å²) in [7, 11) is 1.95. The summed E-state index contributed by atoms with van der Waals surface area (Å²) in [4.78, 5) is 8.04. The number of fused-ring (bicyclic) bond motifs is 1. The van der Waals surface area contributed by atoms with E-state index in [2.05, 4.69) is 51.4 Å². The van der Waals surface area contributed by atoms with E-state index in [4.69, 9.17) is 16.3 Å². The summed E-state index contributed by atoms with van der Waals surface area (Å²) in [6.45, 7) is 0.849. The number of aromatic amines is 1. The lowest BCUT2D eigenvalue weighted by Crippen LogP contribution is -2.03. The monoisotopic (exact) mass is 488 g/mol. The second-order valence-corrected chi connectivity index (χ2v) is 8.47. The maximum Gasteiger partial charge on any atom is 0.127 e. The number of thiol groups is 1. The molecule has 172 valence electrons. The van der Waals surface area contributed by atoms with Gasteiger partial charge in [0.2, 0.25) is 0 Å². The van der Waals surface area contributed by atoms with Gasteiger partial charge in [0.15, 0.2) is 0 Å². The molecule has 0 amide bonds. The van der Waals surface area contributed by atoms with Crippen LogP contribution in [0.5, 0.6) is 11.5 Å². The summed E-state index contributed by atoms with van der Waals surface area (Å²) in [5.74, 6) is 1.54. The van der Waals surface area contributed by atoms with Crippen molar-refractivity contribution in [3.8, 4) is 11.5 Å². The van der Waals surface area contributed by atoms with Crippen molar-refractivity contribution in [1.29, 1.82) is 0 Å². The first-order valence-electron chi connectivity index (χ1n) is 10.7. The number of aromatic nitrogens is 2. The number of hydrogen-bond acceptors (Lipinski definition) is 5. The molecule has 0 radical (unpaired) electrons. The van der Waals surface area contributed by atoms with Crippen LogP contribution < -0.4 is 15.4 Å². The van der Waals surface area contributed by atoms with E-state index >= 15 is 0 Å². The van der Waals surface area contributed by atoms with Gasteiger partial charge in [-0.15, -0.1) is 12.6 Å². The molecule has 2 heterocycles. The molecule has 5 aromatic rings. The highest BCUT2D eigenvalue weighted by Gasteiger charge is 2.04. The van der Waals surface area contributed by atoms with Crippen LogP contribution in [0.25, 0.3) is 10.9 Å². The maximum absolute atomic E-state index is 5.90. The van der Waals surface area contributed by atoms with Crippen LogP contribution in [-0.4, -0.2) is 17.0 Å². The lowest BCUT2D eigenvalue weighted by molar-refractivity contribution is 0.483. The van der Waals surface area contributed by atoms with Crippen LogP contribution in [0.4, 0.5) is 11.4 Å². The topological polar surface area (TPSA) is 62.0 Å². The van der Waals surface area contributed by atoms with Crippen molar-refractivity contribution in [3.63, 3.8) is 0 Å². The van der Waals surface area contributed by atoms with Gasteiger partial charge in [-0.1, -0.05) is 17.7 Å². The zero-order valence-electron chi connectivity index (χ0n) is 18.6. The number of ether oxygens (including phenoxy) is 1. The van der Waals surface area contributed by atoms with Crippen molar-refractivity contribution in [1.82, 2.24) is 15.3 Å². The van der Waals surface area contributed by atoms with Crippen LogP contribution in [0, 0.1) is 0 Å². The molecular formula is C27H25ClN4OS. The second-order valence-electron chi connectivity index (χ2n) is 7.52. The highest BCUT2D eigenvalue weighted by molar-refractivity contribution is 7.80. The van der Waals surface area contributed by atoms with Crippen molar-refractivity contribution in [3.05, 3.63) is 108 Å². The van der Waals surface area contributed by atoms with Gasteiger partial charge in [-0.2, -0.15) is 0 Å². The maximum atomic E-state index is 5.90. The van der Waals surface area contributed by atoms with Crippen LogP contribution in [0.3, 0.4) is 0 Å². The molecule has 3 aromatic carbocycles. The smallest absolute Gasteiger partial charge is 0.127 e. The fourth-order valence-electron chi connectivity index (χ4n) is 3.37. The molecule has 0 unspecified atom stereocenters. The molecule has 0 aliphatic carbocycles. The summed E-state index contributed by atoms with van der Waals surface area (Å²) < 4.78 is 5.82. The fourth-order valence-corrected chi connectivity index (χ4v) is 3.64. The average molecular weight is 489 g/mol. The van der Waals surface area contributed by atoms with Crippen LogP contribution in [0.2, 0.25) is 5.02 Å². The van der Waals surface area contributed by atoms with Crippen molar-refractivity contribution in [2.75, 3.05) is 12.4 Å². The molecule has 7 heteroatoms. The van der Waals surface area contributed by atoms with Gasteiger partial charge in [0.25, 0.3) is 0 Å². The summed E-state index contributed by atoms with van der Waals surface area (Å²) in [5, 5.41) is 8.55. The standard InChI is InChI=1S/C22H20ClN3O.C5H5NS/c1-24-13-15-14-25-22-12-18(6-11-21(15)22)26-17-4-9-20(10-5-17)27-19-7-2-16(23)3-8-19;7-5-2-1-3-6-4-5/h2-12,14,24-26H,13H2,1H3;1-4,7H. The Morgan fingerprint density at radius 3 is 2.26 bits per heavy atom. The molecular weight excluding hydrogens is 464 g/mol. The number of benzene rings is 3. The van der Waals surface area contributed by atoms with Gasteiger partial charge < -0.3 is 20.4 Å². The molecule has 0 saturated carbocycles. The third-order valence-corrected chi connectivity index (χ3v) is 5.49. The Hall–Kier alpha value is -3.45. The SMILES string of the molecule is CNCc1c[nH]c2cc(Nc3ccc(Oc4ccc(Cl)cc4)cc3)ccc12.Sc1cccnc1. The molecule has 34 heavy (non-hydrogen) atoms. The van der Waals surface area contributed by atoms with E-state index in [9.17, 15) is 0 Å². The largest absolute Gasteiger partial charge is 0.457 e. The summed E-state index contributed by atoms with van der Waals surface area (Å²) >= 11 is 9.92. The molecule has 0 saturated heterocycles. The molecule has 0 fully saturated rings. The highest BCUT2D eigenvalue weighted by atomic mass is 35.5. The van der Waals surface area contributed by atoms with Crippen molar-refractivity contribution in [2.45, 2.75) is 11.4 Å². The molecule has 0 bridgehead atoms. The van der Waals surface area contributed by atoms with Crippen LogP contribution >= 0.6 is 24.2 Å². The van der Waals surface area contributed by atoms with Gasteiger partial charge >= 0.3 is 0 Å². The Bertz CT molecular complexity index is 1320. The van der Waals surface area contributed by atoms with E-state index in [1.165, 1.54) is 10.9 Å². The van der Waals surface area contributed by atoms with Gasteiger partial charge in [0.05, 0.1) is 0 Å². The summed E-state index contributed by atoms with van der Waals surface area (Å²) in [6.07, 6.45) is 5.47. The Kier molecular flexibility index (Phi) is 8.09. The number of pyridine rings is 1. The normalized spacial score (nSPS) is 10.4.